The molecule has 2 N–H and O–H groups in total. The summed E-state index contributed by atoms with van der Waals surface area (Å²) in [6, 6.07) is 2.52. The first kappa shape index (κ1) is 17.0. The molecule has 0 aliphatic rings. The van der Waals surface area contributed by atoms with Crippen LogP contribution in [0.5, 0.6) is 5.75 Å². The monoisotopic (exact) mass is 356 g/mol. The van der Waals surface area contributed by atoms with E-state index in [1.54, 1.807) is 14.0 Å². The van der Waals surface area contributed by atoms with E-state index < -0.39 is 11.9 Å². The number of ether oxygens (including phenoxy) is 1. The number of anilines is 1. The minimum Gasteiger partial charge on any atom is -0.496 e. The van der Waals surface area contributed by atoms with E-state index in [1.807, 2.05) is 0 Å². The van der Waals surface area contributed by atoms with Gasteiger partial charge in [0.15, 0.2) is 0 Å². The molecule has 0 unspecified atom stereocenters. The molecule has 1 aromatic heterocycles. The number of methoxy groups -OCH3 is 1. The first-order valence-electron chi connectivity index (χ1n) is 6.34. The van der Waals surface area contributed by atoms with Crippen molar-refractivity contribution < 1.29 is 19.4 Å². The van der Waals surface area contributed by atoms with Gasteiger partial charge in [-0.05, 0) is 13.0 Å². The number of thiazole rings is 1. The van der Waals surface area contributed by atoms with Gasteiger partial charge in [-0.1, -0.05) is 22.9 Å². The second kappa shape index (κ2) is 6.43. The molecule has 0 fully saturated rings. The van der Waals surface area contributed by atoms with E-state index >= 15 is 0 Å². The number of aromatic nitrogens is 1. The summed E-state index contributed by atoms with van der Waals surface area (Å²) >= 11 is 6.83. The second-order valence-corrected chi connectivity index (χ2v) is 6.00. The number of hydrogen-bond donors (Lipinski definition) is 2. The molecule has 23 heavy (non-hydrogen) atoms. The molecule has 0 saturated carbocycles. The van der Waals surface area contributed by atoms with E-state index in [1.165, 1.54) is 23.8 Å². The van der Waals surface area contributed by atoms with Crippen LogP contribution in [0.2, 0.25) is 5.02 Å². The Kier molecular flexibility index (Phi) is 4.76. The quantitative estimate of drug-likeness (QED) is 0.876. The van der Waals surface area contributed by atoms with Crippen LogP contribution in [0.15, 0.2) is 16.9 Å². The minimum atomic E-state index is -1.20. The molecule has 2 rings (SSSR count). The molecule has 0 atom stereocenters. The van der Waals surface area contributed by atoms with E-state index in [0.717, 1.165) is 11.3 Å². The Morgan fingerprint density at radius 1 is 1.39 bits per heavy atom. The smallest absolute Gasteiger partial charge is 0.339 e. The van der Waals surface area contributed by atoms with Crippen molar-refractivity contribution in [2.75, 3.05) is 12.4 Å². The number of nitrogens with one attached hydrogen (secondary N) is 1. The van der Waals surface area contributed by atoms with Crippen LogP contribution in [0.25, 0.3) is 0 Å². The molecule has 0 aliphatic heterocycles. The zero-order valence-corrected chi connectivity index (χ0v) is 14.0. The van der Waals surface area contributed by atoms with Gasteiger partial charge < -0.3 is 19.7 Å². The molecular formula is C14H13ClN2O5S. The highest BCUT2D eigenvalue weighted by Gasteiger charge is 2.19. The van der Waals surface area contributed by atoms with Crippen molar-refractivity contribution in [1.82, 2.24) is 4.57 Å². The third-order valence-electron chi connectivity index (χ3n) is 3.27. The Morgan fingerprint density at radius 3 is 2.52 bits per heavy atom. The summed E-state index contributed by atoms with van der Waals surface area (Å²) in [5.41, 5.74) is 0.611. The van der Waals surface area contributed by atoms with Crippen molar-refractivity contribution in [2.24, 2.45) is 7.05 Å². The number of nitrogens with zero attached hydrogens (tertiary/aromatic N) is 1. The summed E-state index contributed by atoms with van der Waals surface area (Å²) in [4.78, 5) is 35.0. The standard InChI is InChI=1S/C14H13ClN2O5S/c1-6-11(23-14(21)17(6)2)12(18)16-9-5-10(22-3)7(13(19)20)4-8(9)15/h4-5H,1-3H3,(H,16,18)(H,19,20). The fraction of sp³-hybridized carbons (Fsp3) is 0.214. The lowest BCUT2D eigenvalue weighted by atomic mass is 10.1. The summed E-state index contributed by atoms with van der Waals surface area (Å²) in [7, 11) is 2.89. The Hall–Kier alpha value is -2.32. The van der Waals surface area contributed by atoms with Gasteiger partial charge in [0, 0.05) is 18.8 Å². The summed E-state index contributed by atoms with van der Waals surface area (Å²) in [6.07, 6.45) is 0. The van der Waals surface area contributed by atoms with E-state index in [9.17, 15) is 14.4 Å². The second-order valence-electron chi connectivity index (χ2n) is 4.63. The highest BCUT2D eigenvalue weighted by Crippen LogP contribution is 2.31. The molecule has 2 aromatic rings. The van der Waals surface area contributed by atoms with E-state index in [4.69, 9.17) is 21.4 Å². The third kappa shape index (κ3) is 3.22. The first-order valence-corrected chi connectivity index (χ1v) is 7.54. The molecule has 1 heterocycles. The lowest BCUT2D eigenvalue weighted by Crippen LogP contribution is -2.13. The number of benzene rings is 1. The summed E-state index contributed by atoms with van der Waals surface area (Å²) in [5.74, 6) is -1.63. The molecule has 0 bridgehead atoms. The Balaban J connectivity index is 2.40. The molecule has 1 amide bonds. The highest BCUT2D eigenvalue weighted by atomic mass is 35.5. The summed E-state index contributed by atoms with van der Waals surface area (Å²) in [5, 5.41) is 11.7. The predicted molar refractivity (Wildman–Crippen MR) is 87.2 cm³/mol. The topological polar surface area (TPSA) is 97.6 Å². The third-order valence-corrected chi connectivity index (χ3v) is 4.72. The normalized spacial score (nSPS) is 10.4. The molecule has 0 radical (unpaired) electrons. The van der Waals surface area contributed by atoms with Gasteiger partial charge in [-0.3, -0.25) is 9.59 Å². The number of carboxylic acid groups (broad SMARTS) is 1. The van der Waals surface area contributed by atoms with Gasteiger partial charge in [-0.2, -0.15) is 0 Å². The van der Waals surface area contributed by atoms with Crippen LogP contribution < -0.4 is 14.9 Å². The number of rotatable bonds is 4. The van der Waals surface area contributed by atoms with Gasteiger partial charge in [-0.15, -0.1) is 0 Å². The average Bonchev–Trinajstić information content (AvgIpc) is 2.76. The average molecular weight is 357 g/mol. The number of hydrogen-bond acceptors (Lipinski definition) is 5. The van der Waals surface area contributed by atoms with Crippen LogP contribution in [0, 0.1) is 6.92 Å². The summed E-state index contributed by atoms with van der Waals surface area (Å²) in [6.45, 7) is 1.66. The number of aromatic carboxylic acids is 1. The maximum atomic E-state index is 12.3. The zero-order valence-electron chi connectivity index (χ0n) is 12.5. The van der Waals surface area contributed by atoms with Crippen LogP contribution >= 0.6 is 22.9 Å². The van der Waals surface area contributed by atoms with Crippen molar-refractivity contribution in [3.05, 3.63) is 43.0 Å². The SMILES string of the molecule is COc1cc(NC(=O)c2sc(=O)n(C)c2C)c(Cl)cc1C(=O)O. The van der Waals surface area contributed by atoms with Crippen molar-refractivity contribution >= 4 is 40.5 Å². The van der Waals surface area contributed by atoms with Crippen LogP contribution in [0.1, 0.15) is 25.7 Å². The van der Waals surface area contributed by atoms with E-state index in [0.29, 0.717) is 5.69 Å². The van der Waals surface area contributed by atoms with Gasteiger partial charge >= 0.3 is 10.8 Å². The molecule has 122 valence electrons. The van der Waals surface area contributed by atoms with Gasteiger partial charge in [0.1, 0.15) is 16.2 Å². The maximum absolute atomic E-state index is 12.3. The van der Waals surface area contributed by atoms with E-state index in [2.05, 4.69) is 5.32 Å². The number of carbonyl (C=O) groups is 2. The lowest BCUT2D eigenvalue weighted by molar-refractivity contribution is 0.0693. The fourth-order valence-electron chi connectivity index (χ4n) is 1.89. The zero-order chi connectivity index (χ0) is 17.3. The van der Waals surface area contributed by atoms with Crippen LogP contribution in [0.3, 0.4) is 0 Å². The number of carbonyl (C=O) groups excluding carboxylic acids is 1. The van der Waals surface area contributed by atoms with Gasteiger partial charge in [0.2, 0.25) is 0 Å². The van der Waals surface area contributed by atoms with Gasteiger partial charge in [0.05, 0.1) is 17.8 Å². The highest BCUT2D eigenvalue weighted by molar-refractivity contribution is 7.11. The van der Waals surface area contributed by atoms with Crippen molar-refractivity contribution in [3.63, 3.8) is 0 Å². The van der Waals surface area contributed by atoms with Crippen LogP contribution in [-0.4, -0.2) is 28.7 Å². The molecular weight excluding hydrogens is 344 g/mol. The van der Waals surface area contributed by atoms with E-state index in [-0.39, 0.29) is 31.8 Å². The van der Waals surface area contributed by atoms with Crippen molar-refractivity contribution in [3.8, 4) is 5.75 Å². The minimum absolute atomic E-state index is 0.0532. The van der Waals surface area contributed by atoms with Crippen molar-refractivity contribution in [1.29, 1.82) is 0 Å². The van der Waals surface area contributed by atoms with Gasteiger partial charge in [-0.25, -0.2) is 4.79 Å². The summed E-state index contributed by atoms with van der Waals surface area (Å²) < 4.78 is 6.36. The van der Waals surface area contributed by atoms with Crippen LogP contribution in [-0.2, 0) is 7.05 Å². The van der Waals surface area contributed by atoms with Gasteiger partial charge in [0.25, 0.3) is 5.91 Å². The molecule has 0 spiro atoms. The fourth-order valence-corrected chi connectivity index (χ4v) is 2.98. The maximum Gasteiger partial charge on any atom is 0.339 e. The molecule has 0 aliphatic carbocycles. The Morgan fingerprint density at radius 2 is 2.04 bits per heavy atom. The number of carboxylic acids is 1. The molecule has 9 heteroatoms. The molecule has 0 saturated heterocycles. The molecule has 1 aromatic carbocycles. The Labute approximate surface area is 140 Å². The Bertz CT molecular complexity index is 856. The molecule has 7 nitrogen and oxygen atoms in total. The number of amides is 1. The first-order chi connectivity index (χ1) is 10.8. The predicted octanol–water partition coefficient (Wildman–Crippen LogP) is 2.37. The van der Waals surface area contributed by atoms with Crippen LogP contribution in [0.4, 0.5) is 5.69 Å². The number of halogens is 1. The lowest BCUT2D eigenvalue weighted by Gasteiger charge is -2.11. The largest absolute Gasteiger partial charge is 0.496 e. The van der Waals surface area contributed by atoms with Crippen molar-refractivity contribution in [2.45, 2.75) is 6.92 Å².